The molecule has 0 radical (unpaired) electrons. The van der Waals surface area contributed by atoms with Gasteiger partial charge in [0.05, 0.1) is 24.5 Å². The average Bonchev–Trinajstić information content (AvgIpc) is 3.00. The number of anilines is 2. The molecule has 0 fully saturated rings. The van der Waals surface area contributed by atoms with Crippen LogP contribution in [-0.2, 0) is 11.3 Å². The van der Waals surface area contributed by atoms with E-state index in [0.29, 0.717) is 29.0 Å². The lowest BCUT2D eigenvalue weighted by atomic mass is 9.99. The predicted molar refractivity (Wildman–Crippen MR) is 142 cm³/mol. The Balaban J connectivity index is 1.58. The first kappa shape index (κ1) is 23.5. The number of amides is 2. The maximum atomic E-state index is 13.6. The largest absolute Gasteiger partial charge is 0.318 e. The van der Waals surface area contributed by atoms with Crippen molar-refractivity contribution in [1.82, 2.24) is 0 Å². The molecule has 0 aliphatic carbocycles. The van der Waals surface area contributed by atoms with Crippen molar-refractivity contribution < 1.29 is 14.4 Å². The monoisotopic (exact) mass is 477 g/mol. The predicted octanol–water partition coefficient (Wildman–Crippen LogP) is 4.87. The summed E-state index contributed by atoms with van der Waals surface area (Å²) in [6.45, 7) is 3.91. The van der Waals surface area contributed by atoms with E-state index >= 15 is 0 Å². The lowest BCUT2D eigenvalue weighted by molar-refractivity contribution is -0.119. The minimum Gasteiger partial charge on any atom is -0.318 e. The zero-order chi connectivity index (χ0) is 25.4. The zero-order valence-corrected chi connectivity index (χ0v) is 20.3. The second kappa shape index (κ2) is 9.40. The minimum absolute atomic E-state index is 0.0498. The standard InChI is InChI=1S/C30H27N3O3/c1-19-11-12-22-7-3-4-8-24(22)25(19)17-32-27-9-5-6-10-28(27)33(18-26(31)30(32)36)29(35)23-15-13-21(14-16-23)20(2)34/h3-16,26H,17-18,31H2,1-2H3. The Labute approximate surface area is 209 Å². The SMILES string of the molecule is CC(=O)c1ccc(C(=O)N2CC(N)C(=O)N(Cc3c(C)ccc4ccccc34)c3ccccc32)cc1. The molecule has 5 rings (SSSR count). The Morgan fingerprint density at radius 1 is 0.861 bits per heavy atom. The summed E-state index contributed by atoms with van der Waals surface area (Å²) in [4.78, 5) is 42.1. The van der Waals surface area contributed by atoms with Crippen LogP contribution in [-0.4, -0.2) is 30.2 Å². The molecular weight excluding hydrogens is 450 g/mol. The maximum Gasteiger partial charge on any atom is 0.258 e. The number of Topliss-reactive ketones (excluding diaryl/α,β-unsaturated/α-hetero) is 1. The summed E-state index contributed by atoms with van der Waals surface area (Å²) in [6, 6.07) is 25.3. The minimum atomic E-state index is -0.895. The van der Waals surface area contributed by atoms with Crippen molar-refractivity contribution in [2.75, 3.05) is 16.3 Å². The summed E-state index contributed by atoms with van der Waals surface area (Å²) in [7, 11) is 0. The van der Waals surface area contributed by atoms with E-state index < -0.39 is 6.04 Å². The molecule has 2 amide bonds. The highest BCUT2D eigenvalue weighted by Crippen LogP contribution is 2.36. The Morgan fingerprint density at radius 2 is 1.50 bits per heavy atom. The summed E-state index contributed by atoms with van der Waals surface area (Å²) < 4.78 is 0. The number of carbonyl (C=O) groups excluding carboxylic acids is 3. The first-order chi connectivity index (χ1) is 17.3. The average molecular weight is 478 g/mol. The number of hydrogen-bond donors (Lipinski definition) is 1. The van der Waals surface area contributed by atoms with Crippen molar-refractivity contribution in [3.63, 3.8) is 0 Å². The van der Waals surface area contributed by atoms with Crippen LogP contribution in [0, 0.1) is 6.92 Å². The Bertz CT molecular complexity index is 1490. The van der Waals surface area contributed by atoms with E-state index in [-0.39, 0.29) is 24.1 Å². The second-order valence-corrected chi connectivity index (χ2v) is 9.15. The molecule has 1 aliphatic rings. The topological polar surface area (TPSA) is 83.7 Å². The number of para-hydroxylation sites is 2. The first-order valence-electron chi connectivity index (χ1n) is 11.9. The number of hydrogen-bond acceptors (Lipinski definition) is 4. The van der Waals surface area contributed by atoms with E-state index in [1.807, 2.05) is 43.3 Å². The molecule has 0 saturated carbocycles. The molecule has 4 aromatic rings. The number of benzene rings is 4. The van der Waals surface area contributed by atoms with Gasteiger partial charge in [0.1, 0.15) is 6.04 Å². The fraction of sp³-hybridized carbons (Fsp3) is 0.167. The molecule has 1 unspecified atom stereocenters. The van der Waals surface area contributed by atoms with Crippen LogP contribution in [0.5, 0.6) is 0 Å². The number of nitrogens with zero attached hydrogens (tertiary/aromatic N) is 2. The molecule has 0 bridgehead atoms. The maximum absolute atomic E-state index is 13.6. The lowest BCUT2D eigenvalue weighted by Gasteiger charge is -2.26. The molecule has 2 N–H and O–H groups in total. The smallest absolute Gasteiger partial charge is 0.258 e. The molecule has 0 aromatic heterocycles. The van der Waals surface area contributed by atoms with Crippen molar-refractivity contribution in [2.45, 2.75) is 26.4 Å². The second-order valence-electron chi connectivity index (χ2n) is 9.15. The molecule has 6 nitrogen and oxygen atoms in total. The molecule has 1 heterocycles. The Kier molecular flexibility index (Phi) is 6.12. The highest BCUT2D eigenvalue weighted by molar-refractivity contribution is 6.12. The van der Waals surface area contributed by atoms with Crippen LogP contribution in [0.25, 0.3) is 10.8 Å². The number of nitrogens with two attached hydrogens (primary N) is 1. The highest BCUT2D eigenvalue weighted by Gasteiger charge is 2.34. The Hall–Kier alpha value is -4.29. The van der Waals surface area contributed by atoms with Gasteiger partial charge in [-0.1, -0.05) is 60.7 Å². The molecule has 1 atom stereocenters. The first-order valence-corrected chi connectivity index (χ1v) is 11.9. The summed E-state index contributed by atoms with van der Waals surface area (Å²) in [5.74, 6) is -0.581. The third-order valence-electron chi connectivity index (χ3n) is 6.80. The van der Waals surface area contributed by atoms with Crippen molar-refractivity contribution in [3.8, 4) is 0 Å². The van der Waals surface area contributed by atoms with Gasteiger partial charge < -0.3 is 15.5 Å². The van der Waals surface area contributed by atoms with Crippen molar-refractivity contribution >= 4 is 39.7 Å². The van der Waals surface area contributed by atoms with Crippen LogP contribution in [0.1, 0.15) is 38.8 Å². The highest BCUT2D eigenvalue weighted by atomic mass is 16.2. The van der Waals surface area contributed by atoms with E-state index in [1.165, 1.54) is 6.92 Å². The zero-order valence-electron chi connectivity index (χ0n) is 20.3. The fourth-order valence-electron chi connectivity index (χ4n) is 4.78. The van der Waals surface area contributed by atoms with E-state index in [4.69, 9.17) is 5.73 Å². The molecule has 0 saturated heterocycles. The van der Waals surface area contributed by atoms with Gasteiger partial charge >= 0.3 is 0 Å². The molecule has 4 aromatic carbocycles. The summed E-state index contributed by atoms with van der Waals surface area (Å²) in [6.07, 6.45) is 0. The number of fused-ring (bicyclic) bond motifs is 2. The van der Waals surface area contributed by atoms with Gasteiger partial charge in [0, 0.05) is 11.1 Å². The van der Waals surface area contributed by atoms with Crippen LogP contribution in [0.4, 0.5) is 11.4 Å². The molecule has 1 aliphatic heterocycles. The van der Waals surface area contributed by atoms with Crippen LogP contribution in [0.3, 0.4) is 0 Å². The number of carbonyl (C=O) groups is 3. The molecular formula is C30H27N3O3. The van der Waals surface area contributed by atoms with E-state index in [9.17, 15) is 14.4 Å². The van der Waals surface area contributed by atoms with Crippen LogP contribution < -0.4 is 15.5 Å². The third kappa shape index (κ3) is 4.16. The van der Waals surface area contributed by atoms with Gasteiger partial charge in [-0.25, -0.2) is 0 Å². The van der Waals surface area contributed by atoms with Crippen LogP contribution >= 0.6 is 0 Å². The van der Waals surface area contributed by atoms with Crippen molar-refractivity contribution in [3.05, 3.63) is 107 Å². The Morgan fingerprint density at radius 3 is 2.22 bits per heavy atom. The molecule has 180 valence electrons. The van der Waals surface area contributed by atoms with Gasteiger partial charge in [0.15, 0.2) is 5.78 Å². The number of aryl methyl sites for hydroxylation is 1. The molecule has 36 heavy (non-hydrogen) atoms. The molecule has 6 heteroatoms. The molecule has 0 spiro atoms. The van der Waals surface area contributed by atoms with Crippen molar-refractivity contribution in [1.29, 1.82) is 0 Å². The van der Waals surface area contributed by atoms with Crippen molar-refractivity contribution in [2.24, 2.45) is 5.73 Å². The number of rotatable bonds is 4. The number of ketones is 1. The quantitative estimate of drug-likeness (QED) is 0.425. The summed E-state index contributed by atoms with van der Waals surface area (Å²) in [5.41, 5.74) is 10.7. The normalized spacial score (nSPS) is 15.5. The van der Waals surface area contributed by atoms with E-state index in [2.05, 4.69) is 24.3 Å². The third-order valence-corrected chi connectivity index (χ3v) is 6.80. The van der Waals surface area contributed by atoms with Gasteiger partial charge in [-0.05, 0) is 60.0 Å². The summed E-state index contributed by atoms with van der Waals surface area (Å²) >= 11 is 0. The van der Waals surface area contributed by atoms with E-state index in [0.717, 1.165) is 21.9 Å². The van der Waals surface area contributed by atoms with Crippen LogP contribution in [0.2, 0.25) is 0 Å². The fourth-order valence-corrected chi connectivity index (χ4v) is 4.78. The van der Waals surface area contributed by atoms with Gasteiger partial charge in [0.25, 0.3) is 5.91 Å². The van der Waals surface area contributed by atoms with Gasteiger partial charge in [0.2, 0.25) is 5.91 Å². The van der Waals surface area contributed by atoms with Gasteiger partial charge in [-0.15, -0.1) is 0 Å². The lowest BCUT2D eigenvalue weighted by Crippen LogP contribution is -2.48. The van der Waals surface area contributed by atoms with Crippen LogP contribution in [0.15, 0.2) is 84.9 Å². The van der Waals surface area contributed by atoms with Gasteiger partial charge in [-0.2, -0.15) is 0 Å². The van der Waals surface area contributed by atoms with E-state index in [1.54, 1.807) is 34.1 Å². The van der Waals surface area contributed by atoms with Gasteiger partial charge in [-0.3, -0.25) is 14.4 Å². The summed E-state index contributed by atoms with van der Waals surface area (Å²) in [5, 5.41) is 2.18.